The molecule has 1 aliphatic rings. The Balaban J connectivity index is 1.90. The zero-order valence-electron chi connectivity index (χ0n) is 11.8. The molecule has 106 valence electrons. The van der Waals surface area contributed by atoms with Gasteiger partial charge in [-0.2, -0.15) is 0 Å². The second kappa shape index (κ2) is 6.00. The molecule has 0 aliphatic heterocycles. The van der Waals surface area contributed by atoms with Crippen molar-refractivity contribution in [3.8, 4) is 0 Å². The van der Waals surface area contributed by atoms with Gasteiger partial charge < -0.3 is 5.32 Å². The largest absolute Gasteiger partial charge is 0.310 e. The van der Waals surface area contributed by atoms with Crippen LogP contribution in [0.5, 0.6) is 0 Å². The van der Waals surface area contributed by atoms with Gasteiger partial charge in [0.25, 0.3) is 0 Å². The number of rotatable bonds is 3. The molecule has 0 aromatic heterocycles. The highest BCUT2D eigenvalue weighted by molar-refractivity contribution is 5.18. The summed E-state index contributed by atoms with van der Waals surface area (Å²) < 4.78 is 26.6. The second-order valence-electron chi connectivity index (χ2n) is 6.41. The van der Waals surface area contributed by atoms with Crippen LogP contribution in [0, 0.1) is 17.0 Å². The SMILES string of the molecule is CC1(C)CCCC(NCc2cc(F)ccc2F)CC1. The fourth-order valence-electron chi connectivity index (χ4n) is 2.80. The molecule has 0 amide bonds. The van der Waals surface area contributed by atoms with Crippen molar-refractivity contribution >= 4 is 0 Å². The topological polar surface area (TPSA) is 12.0 Å². The maximum Gasteiger partial charge on any atom is 0.127 e. The number of halogens is 2. The van der Waals surface area contributed by atoms with Gasteiger partial charge in [-0.1, -0.05) is 20.3 Å². The van der Waals surface area contributed by atoms with Crippen LogP contribution in [0.2, 0.25) is 0 Å². The van der Waals surface area contributed by atoms with Gasteiger partial charge in [-0.25, -0.2) is 8.78 Å². The molecule has 1 saturated carbocycles. The lowest BCUT2D eigenvalue weighted by Gasteiger charge is -2.22. The van der Waals surface area contributed by atoms with E-state index in [1.165, 1.54) is 31.4 Å². The molecule has 1 atom stereocenters. The summed E-state index contributed by atoms with van der Waals surface area (Å²) in [7, 11) is 0. The normalized spacial score (nSPS) is 23.1. The van der Waals surface area contributed by atoms with E-state index in [2.05, 4.69) is 19.2 Å². The third kappa shape index (κ3) is 4.27. The molecule has 0 heterocycles. The summed E-state index contributed by atoms with van der Waals surface area (Å²) >= 11 is 0. The van der Waals surface area contributed by atoms with E-state index in [1.54, 1.807) is 0 Å². The molecule has 0 bridgehead atoms. The van der Waals surface area contributed by atoms with Gasteiger partial charge in [-0.15, -0.1) is 0 Å². The smallest absolute Gasteiger partial charge is 0.127 e. The van der Waals surface area contributed by atoms with E-state index < -0.39 is 0 Å². The third-order valence-corrected chi connectivity index (χ3v) is 4.16. The molecule has 1 fully saturated rings. The molecule has 1 aromatic carbocycles. The monoisotopic (exact) mass is 267 g/mol. The van der Waals surface area contributed by atoms with Gasteiger partial charge in [0.2, 0.25) is 0 Å². The molecule has 1 aliphatic carbocycles. The number of hydrogen-bond donors (Lipinski definition) is 1. The summed E-state index contributed by atoms with van der Waals surface area (Å²) in [5.41, 5.74) is 0.837. The Morgan fingerprint density at radius 2 is 2.00 bits per heavy atom. The zero-order chi connectivity index (χ0) is 13.9. The van der Waals surface area contributed by atoms with E-state index in [0.29, 0.717) is 23.6 Å². The summed E-state index contributed by atoms with van der Waals surface area (Å²) in [4.78, 5) is 0. The van der Waals surface area contributed by atoms with E-state index in [1.807, 2.05) is 0 Å². The van der Waals surface area contributed by atoms with Crippen molar-refractivity contribution in [2.75, 3.05) is 0 Å². The van der Waals surface area contributed by atoms with Crippen LogP contribution >= 0.6 is 0 Å². The van der Waals surface area contributed by atoms with Crippen LogP contribution in [0.3, 0.4) is 0 Å². The predicted octanol–water partition coefficient (Wildman–Crippen LogP) is 4.41. The predicted molar refractivity (Wildman–Crippen MR) is 73.9 cm³/mol. The second-order valence-corrected chi connectivity index (χ2v) is 6.41. The summed E-state index contributed by atoms with van der Waals surface area (Å²) in [6.45, 7) is 5.03. The standard InChI is InChI=1S/C16H23F2N/c1-16(2)8-3-4-14(7-9-16)19-11-12-10-13(17)5-6-15(12)18/h5-6,10,14,19H,3-4,7-9,11H2,1-2H3. The molecule has 19 heavy (non-hydrogen) atoms. The van der Waals surface area contributed by atoms with Gasteiger partial charge in [-0.3, -0.25) is 0 Å². The summed E-state index contributed by atoms with van der Waals surface area (Å²) in [6, 6.07) is 4.06. The first-order valence-electron chi connectivity index (χ1n) is 7.14. The minimum absolute atomic E-state index is 0.331. The Labute approximate surface area is 114 Å². The Hall–Kier alpha value is -0.960. The summed E-state index contributed by atoms with van der Waals surface area (Å²) in [6.07, 6.45) is 5.89. The summed E-state index contributed by atoms with van der Waals surface area (Å²) in [5.74, 6) is -0.706. The fraction of sp³-hybridized carbons (Fsp3) is 0.625. The average Bonchev–Trinajstić information content (AvgIpc) is 2.52. The van der Waals surface area contributed by atoms with Crippen molar-refractivity contribution in [3.63, 3.8) is 0 Å². The number of nitrogens with one attached hydrogen (secondary N) is 1. The number of hydrogen-bond acceptors (Lipinski definition) is 1. The molecule has 3 heteroatoms. The molecule has 1 N–H and O–H groups in total. The lowest BCUT2D eigenvalue weighted by Crippen LogP contribution is -2.28. The molecule has 0 radical (unpaired) electrons. The highest BCUT2D eigenvalue weighted by Crippen LogP contribution is 2.33. The quantitative estimate of drug-likeness (QED) is 0.800. The van der Waals surface area contributed by atoms with E-state index in [-0.39, 0.29) is 11.6 Å². The van der Waals surface area contributed by atoms with Crippen LogP contribution < -0.4 is 5.32 Å². The fourth-order valence-corrected chi connectivity index (χ4v) is 2.80. The molecule has 1 nitrogen and oxygen atoms in total. The van der Waals surface area contributed by atoms with Crippen LogP contribution in [0.25, 0.3) is 0 Å². The molecule has 1 aromatic rings. The molecule has 0 saturated heterocycles. The Morgan fingerprint density at radius 3 is 2.79 bits per heavy atom. The van der Waals surface area contributed by atoms with Crippen LogP contribution in [0.4, 0.5) is 8.78 Å². The maximum absolute atomic E-state index is 13.5. The van der Waals surface area contributed by atoms with Gasteiger partial charge in [0.15, 0.2) is 0 Å². The van der Waals surface area contributed by atoms with Crippen LogP contribution in [0.15, 0.2) is 18.2 Å². The molecular formula is C16H23F2N. The first-order chi connectivity index (χ1) is 8.96. The molecular weight excluding hydrogens is 244 g/mol. The molecule has 0 spiro atoms. The Kier molecular flexibility index (Phi) is 4.56. The molecule has 1 unspecified atom stereocenters. The minimum atomic E-state index is -0.375. The Bertz CT molecular complexity index is 429. The van der Waals surface area contributed by atoms with Crippen molar-refractivity contribution in [1.29, 1.82) is 0 Å². The van der Waals surface area contributed by atoms with Crippen LogP contribution in [-0.4, -0.2) is 6.04 Å². The highest BCUT2D eigenvalue weighted by Gasteiger charge is 2.24. The minimum Gasteiger partial charge on any atom is -0.310 e. The van der Waals surface area contributed by atoms with Gasteiger partial charge in [0, 0.05) is 18.2 Å². The molecule has 2 rings (SSSR count). The maximum atomic E-state index is 13.5. The first-order valence-corrected chi connectivity index (χ1v) is 7.14. The van der Waals surface area contributed by atoms with Crippen LogP contribution in [0.1, 0.15) is 51.5 Å². The van der Waals surface area contributed by atoms with Crippen molar-refractivity contribution in [3.05, 3.63) is 35.4 Å². The van der Waals surface area contributed by atoms with E-state index >= 15 is 0 Å². The van der Waals surface area contributed by atoms with E-state index in [4.69, 9.17) is 0 Å². The first kappa shape index (κ1) is 14.4. The van der Waals surface area contributed by atoms with Crippen molar-refractivity contribution in [2.45, 2.75) is 58.5 Å². The lowest BCUT2D eigenvalue weighted by atomic mass is 9.85. The number of benzene rings is 1. The summed E-state index contributed by atoms with van der Waals surface area (Å²) in [5, 5.41) is 3.38. The van der Waals surface area contributed by atoms with Gasteiger partial charge in [0.1, 0.15) is 11.6 Å². The van der Waals surface area contributed by atoms with E-state index in [0.717, 1.165) is 18.9 Å². The van der Waals surface area contributed by atoms with E-state index in [9.17, 15) is 8.78 Å². The zero-order valence-corrected chi connectivity index (χ0v) is 11.8. The van der Waals surface area contributed by atoms with Crippen LogP contribution in [-0.2, 0) is 6.54 Å². The third-order valence-electron chi connectivity index (χ3n) is 4.16. The van der Waals surface area contributed by atoms with Gasteiger partial charge in [0.05, 0.1) is 0 Å². The Morgan fingerprint density at radius 1 is 1.21 bits per heavy atom. The average molecular weight is 267 g/mol. The van der Waals surface area contributed by atoms with Crippen molar-refractivity contribution in [1.82, 2.24) is 5.32 Å². The van der Waals surface area contributed by atoms with Gasteiger partial charge in [-0.05, 0) is 49.3 Å². The lowest BCUT2D eigenvalue weighted by molar-refractivity contribution is 0.309. The van der Waals surface area contributed by atoms with Crippen molar-refractivity contribution in [2.24, 2.45) is 5.41 Å². The van der Waals surface area contributed by atoms with Crippen molar-refractivity contribution < 1.29 is 8.78 Å². The van der Waals surface area contributed by atoms with Gasteiger partial charge >= 0.3 is 0 Å². The highest BCUT2D eigenvalue weighted by atomic mass is 19.1.